The average Bonchev–Trinajstić information content (AvgIpc) is 1.72. The molecular formula is CH9N6-. The third-order valence-electron chi connectivity index (χ3n) is 0.465. The van der Waals surface area contributed by atoms with E-state index in [1.165, 1.54) is 0 Å². The number of hydrogen-bond acceptors (Lipinski definition) is 5. The lowest BCUT2D eigenvalue weighted by atomic mass is 10.9. The summed E-state index contributed by atoms with van der Waals surface area (Å²) in [5.41, 5.74) is 7.50. The van der Waals surface area contributed by atoms with Crippen LogP contribution >= 0.6 is 0 Å². The maximum atomic E-state index is 4.83. The van der Waals surface area contributed by atoms with E-state index in [2.05, 4.69) is 16.3 Å². The molecule has 0 atom stereocenters. The molecule has 0 aromatic carbocycles. The number of nitrogens with one attached hydrogen (secondary N) is 2. The highest BCUT2D eigenvalue weighted by Gasteiger charge is 1.80. The van der Waals surface area contributed by atoms with Crippen LogP contribution in [0.1, 0.15) is 0 Å². The first kappa shape index (κ1) is 6.76. The molecule has 0 aliphatic rings. The van der Waals surface area contributed by atoms with E-state index in [0.29, 0.717) is 0 Å². The van der Waals surface area contributed by atoms with Gasteiger partial charge in [0.25, 0.3) is 0 Å². The summed E-state index contributed by atoms with van der Waals surface area (Å²) in [6.07, 6.45) is -0.556. The second kappa shape index (κ2) is 3.93. The van der Waals surface area contributed by atoms with Gasteiger partial charge in [-0.25, -0.2) is 0 Å². The van der Waals surface area contributed by atoms with Crippen molar-refractivity contribution in [1.82, 2.24) is 10.9 Å². The summed E-state index contributed by atoms with van der Waals surface area (Å²) in [4.78, 5) is 0. The van der Waals surface area contributed by atoms with Crippen molar-refractivity contribution in [2.24, 2.45) is 17.5 Å². The standard InChI is InChI=1S/CH9N6/c2-5-1(6-3)7-4/h1,5-6H,2-4H2/q-1. The van der Waals surface area contributed by atoms with Gasteiger partial charge in [-0.3, -0.25) is 22.5 Å². The number of rotatable bonds is 3. The highest BCUT2D eigenvalue weighted by Crippen LogP contribution is 1.71. The molecule has 0 rings (SSSR count). The minimum absolute atomic E-state index is 0.556. The molecule has 0 radical (unpaired) electrons. The van der Waals surface area contributed by atoms with Gasteiger partial charge in [0, 0.05) is 6.29 Å². The molecule has 6 nitrogen and oxygen atoms in total. The fourth-order valence-electron chi connectivity index (χ4n) is 0.134. The first-order valence-electron chi connectivity index (χ1n) is 1.67. The first-order valence-corrected chi connectivity index (χ1v) is 1.67. The molecule has 0 aliphatic carbocycles. The Bertz CT molecular complexity index is 25.7. The zero-order chi connectivity index (χ0) is 5.70. The van der Waals surface area contributed by atoms with Gasteiger partial charge in [-0.05, 0) is 0 Å². The zero-order valence-electron chi connectivity index (χ0n) is 3.76. The predicted molar refractivity (Wildman–Crippen MR) is 26.0 cm³/mol. The minimum Gasteiger partial charge on any atom is -0.570 e. The van der Waals surface area contributed by atoms with Gasteiger partial charge in [0.05, 0.1) is 0 Å². The van der Waals surface area contributed by atoms with Gasteiger partial charge in [-0.15, -0.1) is 0 Å². The van der Waals surface area contributed by atoms with E-state index < -0.39 is 6.29 Å². The van der Waals surface area contributed by atoms with E-state index in [-0.39, 0.29) is 0 Å². The van der Waals surface area contributed by atoms with Gasteiger partial charge < -0.3 is 11.3 Å². The zero-order valence-corrected chi connectivity index (χ0v) is 3.76. The fraction of sp³-hybridized carbons (Fsp3) is 1.00. The average molecular weight is 105 g/mol. The minimum atomic E-state index is -0.556. The molecule has 0 bridgehead atoms. The van der Waals surface area contributed by atoms with Crippen molar-refractivity contribution in [1.29, 1.82) is 0 Å². The van der Waals surface area contributed by atoms with E-state index in [0.717, 1.165) is 0 Å². The first-order chi connectivity index (χ1) is 3.35. The molecule has 6 heteroatoms. The molecule has 0 amide bonds. The number of nitrogens with zero attached hydrogens (tertiary/aromatic N) is 1. The quantitative estimate of drug-likeness (QED) is 0.154. The number of hydrazine groups is 2. The van der Waals surface area contributed by atoms with Crippen LogP contribution in [0.3, 0.4) is 0 Å². The lowest BCUT2D eigenvalue weighted by Crippen LogP contribution is -2.49. The van der Waals surface area contributed by atoms with Crippen molar-refractivity contribution in [2.75, 3.05) is 0 Å². The molecule has 0 heterocycles. The summed E-state index contributed by atoms with van der Waals surface area (Å²) in [7, 11) is 0. The molecule has 44 valence electrons. The largest absolute Gasteiger partial charge is 0.570 e. The lowest BCUT2D eigenvalue weighted by molar-refractivity contribution is 0.497. The Morgan fingerprint density at radius 1 is 1.29 bits per heavy atom. The molecular weight excluding hydrogens is 96.1 g/mol. The lowest BCUT2D eigenvalue weighted by Gasteiger charge is -2.24. The Kier molecular flexibility index (Phi) is 3.80. The Balaban J connectivity index is 2.99. The summed E-state index contributed by atoms with van der Waals surface area (Å²) in [6, 6.07) is 0. The maximum absolute atomic E-state index is 4.83. The summed E-state index contributed by atoms with van der Waals surface area (Å²) >= 11 is 0. The smallest absolute Gasteiger partial charge is 0.00538 e. The number of nitrogens with two attached hydrogens (primary N) is 3. The summed E-state index contributed by atoms with van der Waals surface area (Å²) < 4.78 is 0. The Morgan fingerprint density at radius 3 is 1.71 bits per heavy atom. The van der Waals surface area contributed by atoms with Gasteiger partial charge in [-0.1, -0.05) is 0 Å². The van der Waals surface area contributed by atoms with Crippen LogP contribution in [0, 0.1) is 0 Å². The summed E-state index contributed by atoms with van der Waals surface area (Å²) in [5, 5.41) is 0. The molecule has 0 saturated heterocycles. The van der Waals surface area contributed by atoms with Gasteiger partial charge in [0.15, 0.2) is 0 Å². The topological polar surface area (TPSA) is 116 Å². The third-order valence-corrected chi connectivity index (χ3v) is 0.465. The van der Waals surface area contributed by atoms with Crippen molar-refractivity contribution in [2.45, 2.75) is 6.29 Å². The second-order valence-electron chi connectivity index (χ2n) is 0.885. The van der Waals surface area contributed by atoms with Crippen molar-refractivity contribution in [3.8, 4) is 0 Å². The molecule has 0 unspecified atom stereocenters. The maximum Gasteiger partial charge on any atom is 0.00538 e. The molecule has 0 aliphatic heterocycles. The predicted octanol–water partition coefficient (Wildman–Crippen LogP) is -2.56. The van der Waals surface area contributed by atoms with E-state index in [4.69, 9.17) is 17.5 Å². The van der Waals surface area contributed by atoms with E-state index in [9.17, 15) is 0 Å². The normalized spacial score (nSPS) is 10.3. The van der Waals surface area contributed by atoms with E-state index in [1.807, 2.05) is 0 Å². The van der Waals surface area contributed by atoms with Crippen LogP contribution in [0.5, 0.6) is 0 Å². The molecule has 0 aromatic heterocycles. The third kappa shape index (κ3) is 2.45. The monoisotopic (exact) mass is 105 g/mol. The van der Waals surface area contributed by atoms with Crippen LogP contribution < -0.4 is 28.4 Å². The SMILES string of the molecule is N[N-]C(NN)NN. The van der Waals surface area contributed by atoms with Crippen LogP contribution in [0.4, 0.5) is 0 Å². The van der Waals surface area contributed by atoms with Crippen molar-refractivity contribution < 1.29 is 0 Å². The van der Waals surface area contributed by atoms with E-state index in [1.54, 1.807) is 0 Å². The second-order valence-corrected chi connectivity index (χ2v) is 0.885. The molecule has 0 fully saturated rings. The summed E-state index contributed by atoms with van der Waals surface area (Å²) in [5.74, 6) is 14.4. The van der Waals surface area contributed by atoms with Crippen molar-refractivity contribution in [3.63, 3.8) is 0 Å². The van der Waals surface area contributed by atoms with Crippen molar-refractivity contribution >= 4 is 0 Å². The van der Waals surface area contributed by atoms with Crippen molar-refractivity contribution in [3.05, 3.63) is 5.43 Å². The molecule has 0 aromatic rings. The van der Waals surface area contributed by atoms with Crippen LogP contribution in [0.25, 0.3) is 5.43 Å². The Hall–Kier alpha value is -0.240. The van der Waals surface area contributed by atoms with Crippen LogP contribution in [0.15, 0.2) is 0 Å². The molecule has 7 heavy (non-hydrogen) atoms. The molecule has 8 N–H and O–H groups in total. The highest BCUT2D eigenvalue weighted by atomic mass is 15.5. The Labute approximate surface area is 41.3 Å². The van der Waals surface area contributed by atoms with E-state index >= 15 is 0 Å². The summed E-state index contributed by atoms with van der Waals surface area (Å²) in [6.45, 7) is 0. The van der Waals surface area contributed by atoms with Crippen LogP contribution in [0.2, 0.25) is 0 Å². The van der Waals surface area contributed by atoms with Gasteiger partial charge in [0.2, 0.25) is 0 Å². The molecule has 0 spiro atoms. The fourth-order valence-corrected chi connectivity index (χ4v) is 0.134. The Morgan fingerprint density at radius 2 is 1.71 bits per heavy atom. The van der Waals surface area contributed by atoms with Gasteiger partial charge in [-0.2, -0.15) is 0 Å². The number of hydrogen-bond donors (Lipinski definition) is 5. The van der Waals surface area contributed by atoms with Gasteiger partial charge >= 0.3 is 0 Å². The molecule has 0 saturated carbocycles. The van der Waals surface area contributed by atoms with Gasteiger partial charge in [0.1, 0.15) is 0 Å². The van der Waals surface area contributed by atoms with Crippen LogP contribution in [-0.2, 0) is 0 Å². The highest BCUT2D eigenvalue weighted by molar-refractivity contribution is 4.72. The van der Waals surface area contributed by atoms with Crippen LogP contribution in [-0.4, -0.2) is 6.29 Å².